The van der Waals surface area contributed by atoms with Gasteiger partial charge in [-0.25, -0.2) is 4.98 Å². The first-order chi connectivity index (χ1) is 8.69. The van der Waals surface area contributed by atoms with E-state index < -0.39 is 0 Å². The van der Waals surface area contributed by atoms with Gasteiger partial charge in [0, 0.05) is 17.8 Å². The first kappa shape index (κ1) is 12.8. The predicted octanol–water partition coefficient (Wildman–Crippen LogP) is 2.12. The number of rotatable bonds is 3. The summed E-state index contributed by atoms with van der Waals surface area (Å²) in [5.41, 5.74) is 1.43. The second-order valence-electron chi connectivity index (χ2n) is 4.89. The van der Waals surface area contributed by atoms with Crippen molar-refractivity contribution in [1.29, 1.82) is 5.26 Å². The largest absolute Gasteiger partial charge is 0.476 e. The molecule has 1 aromatic heterocycles. The van der Waals surface area contributed by atoms with Crippen LogP contribution in [0.5, 0.6) is 5.88 Å². The number of nitrogens with zero attached hydrogens (tertiary/aromatic N) is 3. The fourth-order valence-electron chi connectivity index (χ4n) is 2.31. The molecule has 96 valence electrons. The Kier molecular flexibility index (Phi) is 4.16. The second-order valence-corrected chi connectivity index (χ2v) is 4.89. The van der Waals surface area contributed by atoms with Crippen LogP contribution < -0.4 is 4.74 Å². The number of nitriles is 1. The number of hydrogen-bond acceptors (Lipinski definition) is 4. The summed E-state index contributed by atoms with van der Waals surface area (Å²) in [6.07, 6.45) is 3.71. The molecule has 0 spiro atoms. The van der Waals surface area contributed by atoms with Crippen molar-refractivity contribution in [3.05, 3.63) is 23.4 Å². The quantitative estimate of drug-likeness (QED) is 0.818. The molecule has 1 aromatic rings. The minimum absolute atomic E-state index is 0.464. The first-order valence-electron chi connectivity index (χ1n) is 6.41. The minimum atomic E-state index is 0.464. The van der Waals surface area contributed by atoms with E-state index in [1.165, 1.54) is 19.3 Å². The lowest BCUT2D eigenvalue weighted by molar-refractivity contribution is 0.122. The van der Waals surface area contributed by atoms with Gasteiger partial charge in [0.15, 0.2) is 0 Å². The highest BCUT2D eigenvalue weighted by atomic mass is 16.5. The van der Waals surface area contributed by atoms with Gasteiger partial charge in [-0.3, -0.25) is 0 Å². The van der Waals surface area contributed by atoms with Crippen LogP contribution in [0.2, 0.25) is 0 Å². The maximum absolute atomic E-state index is 8.90. The SMILES string of the molecule is Cc1cc(C#N)cc(OCC2CCCCN2C)n1. The number of ether oxygens (including phenoxy) is 1. The molecule has 1 unspecified atom stereocenters. The fourth-order valence-corrected chi connectivity index (χ4v) is 2.31. The molecule has 1 atom stereocenters. The molecule has 1 aliphatic rings. The minimum Gasteiger partial charge on any atom is -0.476 e. The topological polar surface area (TPSA) is 49.1 Å². The Morgan fingerprint density at radius 1 is 1.50 bits per heavy atom. The third-order valence-electron chi connectivity index (χ3n) is 3.40. The van der Waals surface area contributed by atoms with E-state index in [9.17, 15) is 0 Å². The van der Waals surface area contributed by atoms with Gasteiger partial charge in [0.2, 0.25) is 5.88 Å². The zero-order valence-corrected chi connectivity index (χ0v) is 11.0. The lowest BCUT2D eigenvalue weighted by Gasteiger charge is -2.31. The fraction of sp³-hybridized carbons (Fsp3) is 0.571. The number of pyridine rings is 1. The van der Waals surface area contributed by atoms with Crippen LogP contribution in [0.1, 0.15) is 30.5 Å². The molecule has 0 aromatic carbocycles. The first-order valence-corrected chi connectivity index (χ1v) is 6.41. The summed E-state index contributed by atoms with van der Waals surface area (Å²) in [6.45, 7) is 3.66. The molecule has 0 N–H and O–H groups in total. The molecule has 1 saturated heterocycles. The van der Waals surface area contributed by atoms with Crippen LogP contribution in [-0.2, 0) is 0 Å². The van der Waals surface area contributed by atoms with Crippen LogP contribution in [0.25, 0.3) is 0 Å². The maximum atomic E-state index is 8.90. The van der Waals surface area contributed by atoms with Crippen LogP contribution in [0.15, 0.2) is 12.1 Å². The third kappa shape index (κ3) is 3.21. The number of piperidine rings is 1. The number of aryl methyl sites for hydroxylation is 1. The van der Waals surface area contributed by atoms with Crippen molar-refractivity contribution in [1.82, 2.24) is 9.88 Å². The normalized spacial score (nSPS) is 20.4. The van der Waals surface area contributed by atoms with Gasteiger partial charge in [0.05, 0.1) is 11.6 Å². The van der Waals surface area contributed by atoms with Crippen molar-refractivity contribution >= 4 is 0 Å². The molecule has 4 heteroatoms. The van der Waals surface area contributed by atoms with Crippen LogP contribution >= 0.6 is 0 Å². The average Bonchev–Trinajstić information content (AvgIpc) is 2.37. The molecule has 4 nitrogen and oxygen atoms in total. The molecule has 18 heavy (non-hydrogen) atoms. The van der Waals surface area contributed by atoms with Crippen molar-refractivity contribution in [2.75, 3.05) is 20.2 Å². The Hall–Kier alpha value is -1.60. The van der Waals surface area contributed by atoms with Gasteiger partial charge in [-0.15, -0.1) is 0 Å². The van der Waals surface area contributed by atoms with Crippen molar-refractivity contribution in [2.24, 2.45) is 0 Å². The summed E-state index contributed by atoms with van der Waals surface area (Å²) in [4.78, 5) is 6.64. The molecule has 0 radical (unpaired) electrons. The summed E-state index contributed by atoms with van der Waals surface area (Å²) < 4.78 is 5.74. The Balaban J connectivity index is 1.97. The molecule has 2 heterocycles. The summed E-state index contributed by atoms with van der Waals surface area (Å²) in [6, 6.07) is 6.06. The van der Waals surface area contributed by atoms with Crippen molar-refractivity contribution in [3.8, 4) is 11.9 Å². The predicted molar refractivity (Wildman–Crippen MR) is 69.5 cm³/mol. The highest BCUT2D eigenvalue weighted by Crippen LogP contribution is 2.17. The number of likely N-dealkylation sites (tertiary alicyclic amines) is 1. The van der Waals surface area contributed by atoms with Crippen LogP contribution in [0, 0.1) is 18.3 Å². The molecule has 1 aliphatic heterocycles. The van der Waals surface area contributed by atoms with E-state index in [1.807, 2.05) is 6.92 Å². The zero-order valence-electron chi connectivity index (χ0n) is 11.0. The number of aromatic nitrogens is 1. The third-order valence-corrected chi connectivity index (χ3v) is 3.40. The molecular formula is C14H19N3O. The van der Waals surface area contributed by atoms with Crippen LogP contribution in [-0.4, -0.2) is 36.1 Å². The van der Waals surface area contributed by atoms with Gasteiger partial charge in [0.25, 0.3) is 0 Å². The van der Waals surface area contributed by atoms with Gasteiger partial charge < -0.3 is 9.64 Å². The zero-order chi connectivity index (χ0) is 13.0. The Morgan fingerprint density at radius 2 is 2.33 bits per heavy atom. The van der Waals surface area contributed by atoms with Crippen LogP contribution in [0.4, 0.5) is 0 Å². The van der Waals surface area contributed by atoms with Crippen LogP contribution in [0.3, 0.4) is 0 Å². The number of likely N-dealkylation sites (N-methyl/N-ethyl adjacent to an activating group) is 1. The van der Waals surface area contributed by atoms with E-state index in [2.05, 4.69) is 23.0 Å². The Labute approximate surface area is 108 Å². The van der Waals surface area contributed by atoms with Gasteiger partial charge in [-0.2, -0.15) is 5.26 Å². The standard InChI is InChI=1S/C14H19N3O/c1-11-7-12(9-15)8-14(16-11)18-10-13-5-3-4-6-17(13)2/h7-8,13H,3-6,10H2,1-2H3. The molecule has 0 amide bonds. The van der Waals surface area contributed by atoms with E-state index in [0.717, 1.165) is 12.2 Å². The lowest BCUT2D eigenvalue weighted by Crippen LogP contribution is -2.40. The highest BCUT2D eigenvalue weighted by molar-refractivity contribution is 5.34. The maximum Gasteiger partial charge on any atom is 0.214 e. The van der Waals surface area contributed by atoms with Crippen molar-refractivity contribution < 1.29 is 4.74 Å². The number of hydrogen-bond donors (Lipinski definition) is 0. The molecule has 0 bridgehead atoms. The highest BCUT2D eigenvalue weighted by Gasteiger charge is 2.19. The van der Waals surface area contributed by atoms with E-state index in [0.29, 0.717) is 24.1 Å². The molecule has 1 fully saturated rings. The Morgan fingerprint density at radius 3 is 3.06 bits per heavy atom. The smallest absolute Gasteiger partial charge is 0.214 e. The van der Waals surface area contributed by atoms with E-state index >= 15 is 0 Å². The lowest BCUT2D eigenvalue weighted by atomic mass is 10.0. The summed E-state index contributed by atoms with van der Waals surface area (Å²) in [5, 5.41) is 8.90. The Bertz CT molecular complexity index is 453. The summed E-state index contributed by atoms with van der Waals surface area (Å²) >= 11 is 0. The van der Waals surface area contributed by atoms with Gasteiger partial charge >= 0.3 is 0 Å². The second kappa shape index (κ2) is 5.83. The van der Waals surface area contributed by atoms with Gasteiger partial charge in [0.1, 0.15) is 6.61 Å². The van der Waals surface area contributed by atoms with Gasteiger partial charge in [-0.1, -0.05) is 6.42 Å². The van der Waals surface area contributed by atoms with Crippen molar-refractivity contribution in [2.45, 2.75) is 32.2 Å². The van der Waals surface area contributed by atoms with Gasteiger partial charge in [-0.05, 0) is 39.4 Å². The molecule has 0 saturated carbocycles. The molecule has 2 rings (SSSR count). The summed E-state index contributed by atoms with van der Waals surface area (Å²) in [7, 11) is 2.14. The molecule has 0 aliphatic carbocycles. The molecular weight excluding hydrogens is 226 g/mol. The van der Waals surface area contributed by atoms with E-state index in [1.54, 1.807) is 12.1 Å². The average molecular weight is 245 g/mol. The van der Waals surface area contributed by atoms with E-state index in [-0.39, 0.29) is 0 Å². The monoisotopic (exact) mass is 245 g/mol. The van der Waals surface area contributed by atoms with Crippen molar-refractivity contribution in [3.63, 3.8) is 0 Å². The summed E-state index contributed by atoms with van der Waals surface area (Å²) in [5.74, 6) is 0.561. The van der Waals surface area contributed by atoms with E-state index in [4.69, 9.17) is 10.00 Å².